The van der Waals surface area contributed by atoms with E-state index in [-0.39, 0.29) is 18.7 Å². The third-order valence-electron chi connectivity index (χ3n) is 4.35. The van der Waals surface area contributed by atoms with Crippen molar-refractivity contribution in [2.24, 2.45) is 0 Å². The monoisotopic (exact) mass is 310 g/mol. The van der Waals surface area contributed by atoms with Crippen LogP contribution in [-0.2, 0) is 16.0 Å². The molecule has 0 saturated heterocycles. The molecular weight excluding hydrogens is 288 g/mol. The number of carboxylic acid groups (broad SMARTS) is 1. The van der Waals surface area contributed by atoms with Gasteiger partial charge in [-0.2, -0.15) is 0 Å². The summed E-state index contributed by atoms with van der Waals surface area (Å²) >= 11 is 1.53. The molecule has 21 heavy (non-hydrogen) atoms. The second-order valence-electron chi connectivity index (χ2n) is 5.84. The predicted molar refractivity (Wildman–Crippen MR) is 81.4 cm³/mol. The van der Waals surface area contributed by atoms with Crippen LogP contribution in [0.25, 0.3) is 0 Å². The van der Waals surface area contributed by atoms with Gasteiger partial charge in [0.25, 0.3) is 0 Å². The Balaban J connectivity index is 2.11. The van der Waals surface area contributed by atoms with Crippen molar-refractivity contribution in [2.75, 3.05) is 7.05 Å². The molecule has 0 bridgehead atoms. The zero-order chi connectivity index (χ0) is 15.5. The van der Waals surface area contributed by atoms with E-state index in [1.165, 1.54) is 11.3 Å². The molecular formula is C15H22N2O3S. The lowest BCUT2D eigenvalue weighted by Crippen LogP contribution is -2.52. The van der Waals surface area contributed by atoms with Gasteiger partial charge in [-0.3, -0.25) is 9.59 Å². The molecule has 116 valence electrons. The number of aliphatic carboxylic acids is 1. The molecule has 0 atom stereocenters. The molecule has 1 N–H and O–H groups in total. The van der Waals surface area contributed by atoms with Crippen LogP contribution in [0.5, 0.6) is 0 Å². The summed E-state index contributed by atoms with van der Waals surface area (Å²) in [5.74, 6) is -0.871. The first-order valence-corrected chi connectivity index (χ1v) is 8.20. The molecule has 0 aromatic carbocycles. The van der Waals surface area contributed by atoms with Crippen LogP contribution in [0.15, 0.2) is 5.38 Å². The quantitative estimate of drug-likeness (QED) is 0.907. The minimum absolute atomic E-state index is 0.0331. The lowest BCUT2D eigenvalue weighted by Gasteiger charge is -2.44. The fourth-order valence-electron chi connectivity index (χ4n) is 3.15. The van der Waals surface area contributed by atoms with E-state index in [4.69, 9.17) is 0 Å². The van der Waals surface area contributed by atoms with E-state index in [0.717, 1.165) is 42.8 Å². The number of carbonyl (C=O) groups is 2. The van der Waals surface area contributed by atoms with Crippen LogP contribution in [0.2, 0.25) is 0 Å². The summed E-state index contributed by atoms with van der Waals surface area (Å²) in [4.78, 5) is 29.7. The van der Waals surface area contributed by atoms with E-state index in [2.05, 4.69) is 4.98 Å². The highest BCUT2D eigenvalue weighted by Gasteiger charge is 2.40. The van der Waals surface area contributed by atoms with Gasteiger partial charge in [-0.1, -0.05) is 19.3 Å². The largest absolute Gasteiger partial charge is 0.481 e. The molecule has 1 saturated carbocycles. The summed E-state index contributed by atoms with van der Waals surface area (Å²) in [7, 11) is 1.75. The molecule has 0 aliphatic heterocycles. The number of aryl methyl sites for hydroxylation is 1. The lowest BCUT2D eigenvalue weighted by molar-refractivity contribution is -0.145. The molecule has 1 fully saturated rings. The Bertz CT molecular complexity index is 521. The van der Waals surface area contributed by atoms with Crippen molar-refractivity contribution in [1.82, 2.24) is 9.88 Å². The number of rotatable bonds is 5. The summed E-state index contributed by atoms with van der Waals surface area (Å²) < 4.78 is 0. The summed E-state index contributed by atoms with van der Waals surface area (Å²) in [5.41, 5.74) is 0.252. The van der Waals surface area contributed by atoms with Crippen LogP contribution in [-0.4, -0.2) is 39.5 Å². The molecule has 1 aromatic heterocycles. The fourth-order valence-corrected chi connectivity index (χ4v) is 3.76. The SMILES string of the molecule is Cc1nc(CC(=O)N(C)C2(CC(=O)O)CCCCC2)cs1. The zero-order valence-corrected chi connectivity index (χ0v) is 13.4. The normalized spacial score (nSPS) is 17.4. The molecule has 5 nitrogen and oxygen atoms in total. The second kappa shape index (κ2) is 6.56. The van der Waals surface area contributed by atoms with Gasteiger partial charge < -0.3 is 10.0 Å². The number of carbonyl (C=O) groups excluding carboxylic acids is 1. The highest BCUT2D eigenvalue weighted by Crippen LogP contribution is 2.36. The number of likely N-dealkylation sites (N-methyl/N-ethyl adjacent to an activating group) is 1. The number of nitrogens with zero attached hydrogens (tertiary/aromatic N) is 2. The average Bonchev–Trinajstić information content (AvgIpc) is 2.83. The maximum atomic E-state index is 12.5. The number of hydrogen-bond donors (Lipinski definition) is 1. The number of amides is 1. The van der Waals surface area contributed by atoms with Gasteiger partial charge in [0.15, 0.2) is 0 Å². The topological polar surface area (TPSA) is 70.5 Å². The van der Waals surface area contributed by atoms with E-state index in [1.807, 2.05) is 12.3 Å². The van der Waals surface area contributed by atoms with Crippen molar-refractivity contribution in [1.29, 1.82) is 0 Å². The van der Waals surface area contributed by atoms with Gasteiger partial charge in [-0.15, -0.1) is 11.3 Å². The van der Waals surface area contributed by atoms with E-state index < -0.39 is 11.5 Å². The molecule has 0 radical (unpaired) electrons. The smallest absolute Gasteiger partial charge is 0.305 e. The van der Waals surface area contributed by atoms with Gasteiger partial charge in [-0.25, -0.2) is 4.98 Å². The van der Waals surface area contributed by atoms with Crippen molar-refractivity contribution in [3.8, 4) is 0 Å². The first-order valence-electron chi connectivity index (χ1n) is 7.32. The first kappa shape index (κ1) is 15.9. The molecule has 1 aliphatic rings. The Morgan fingerprint density at radius 1 is 1.38 bits per heavy atom. The summed E-state index contributed by atoms with van der Waals surface area (Å²) in [6.07, 6.45) is 4.93. The molecule has 0 unspecified atom stereocenters. The maximum Gasteiger partial charge on any atom is 0.305 e. The number of aromatic nitrogens is 1. The van der Waals surface area contributed by atoms with Gasteiger partial charge in [0.05, 0.1) is 29.1 Å². The standard InChI is InChI=1S/C15H22N2O3S/c1-11-16-12(10-21-11)8-13(18)17(2)15(9-14(19)20)6-4-3-5-7-15/h10H,3-9H2,1-2H3,(H,19,20). The summed E-state index contributed by atoms with van der Waals surface area (Å²) in [6.45, 7) is 1.91. The molecule has 1 aliphatic carbocycles. The number of thiazole rings is 1. The molecule has 6 heteroatoms. The minimum Gasteiger partial charge on any atom is -0.481 e. The third-order valence-corrected chi connectivity index (χ3v) is 5.17. The lowest BCUT2D eigenvalue weighted by atomic mass is 9.78. The van der Waals surface area contributed by atoms with Crippen LogP contribution in [0.3, 0.4) is 0 Å². The average molecular weight is 310 g/mol. The second-order valence-corrected chi connectivity index (χ2v) is 6.91. The van der Waals surface area contributed by atoms with Crippen molar-refractivity contribution in [3.05, 3.63) is 16.1 Å². The van der Waals surface area contributed by atoms with Gasteiger partial charge in [0.2, 0.25) is 5.91 Å². The molecule has 1 heterocycles. The predicted octanol–water partition coefficient (Wildman–Crippen LogP) is 2.63. The highest BCUT2D eigenvalue weighted by molar-refractivity contribution is 7.09. The van der Waals surface area contributed by atoms with Crippen molar-refractivity contribution in [3.63, 3.8) is 0 Å². The zero-order valence-electron chi connectivity index (χ0n) is 12.6. The summed E-state index contributed by atoms with van der Waals surface area (Å²) in [5, 5.41) is 12.0. The van der Waals surface area contributed by atoms with Gasteiger partial charge >= 0.3 is 5.97 Å². The molecule has 0 spiro atoms. The van der Waals surface area contributed by atoms with Crippen LogP contribution >= 0.6 is 11.3 Å². The molecule has 1 aromatic rings. The van der Waals surface area contributed by atoms with E-state index in [9.17, 15) is 14.7 Å². The van der Waals surface area contributed by atoms with Gasteiger partial charge in [0, 0.05) is 12.4 Å². The van der Waals surface area contributed by atoms with Crippen LogP contribution < -0.4 is 0 Å². The van der Waals surface area contributed by atoms with Crippen LogP contribution in [0, 0.1) is 6.92 Å². The fraction of sp³-hybridized carbons (Fsp3) is 0.667. The van der Waals surface area contributed by atoms with E-state index in [0.29, 0.717) is 0 Å². The van der Waals surface area contributed by atoms with Crippen LogP contribution in [0.4, 0.5) is 0 Å². The first-order chi connectivity index (χ1) is 9.93. The maximum absolute atomic E-state index is 12.5. The van der Waals surface area contributed by atoms with Crippen molar-refractivity contribution in [2.45, 2.75) is 57.4 Å². The van der Waals surface area contributed by atoms with Crippen molar-refractivity contribution >= 4 is 23.2 Å². The molecule has 2 rings (SSSR count). The van der Waals surface area contributed by atoms with Gasteiger partial charge in [0.1, 0.15) is 0 Å². The summed E-state index contributed by atoms with van der Waals surface area (Å²) in [6, 6.07) is 0. The number of carboxylic acids is 1. The Kier molecular flexibility index (Phi) is 4.98. The Labute approximate surface area is 129 Å². The molecule has 1 amide bonds. The van der Waals surface area contributed by atoms with E-state index >= 15 is 0 Å². The highest BCUT2D eigenvalue weighted by atomic mass is 32.1. The Morgan fingerprint density at radius 2 is 2.05 bits per heavy atom. The third kappa shape index (κ3) is 3.81. The number of hydrogen-bond acceptors (Lipinski definition) is 4. The van der Waals surface area contributed by atoms with Crippen LogP contribution in [0.1, 0.15) is 49.2 Å². The van der Waals surface area contributed by atoms with E-state index in [1.54, 1.807) is 11.9 Å². The van der Waals surface area contributed by atoms with Gasteiger partial charge in [-0.05, 0) is 19.8 Å². The Hall–Kier alpha value is -1.43. The van der Waals surface area contributed by atoms with Crippen molar-refractivity contribution < 1.29 is 14.7 Å². The minimum atomic E-state index is -0.832. The Morgan fingerprint density at radius 3 is 2.57 bits per heavy atom.